The average molecular weight is 230 g/mol. The zero-order valence-corrected chi connectivity index (χ0v) is 9.46. The lowest BCUT2D eigenvalue weighted by Crippen LogP contribution is -2.13. The standard InChI is InChI=1S/C14H14O3/c15-11-7-6-10-12(11)13(10)14(16)17-8-9-4-2-1-3-5-9/h1-5,10,12-13H,6-8H2. The van der Waals surface area contributed by atoms with Gasteiger partial charge in [-0.15, -0.1) is 0 Å². The molecule has 0 bridgehead atoms. The second-order valence-electron chi connectivity index (χ2n) is 4.81. The molecule has 17 heavy (non-hydrogen) atoms. The van der Waals surface area contributed by atoms with Gasteiger partial charge in [-0.1, -0.05) is 30.3 Å². The Morgan fingerprint density at radius 1 is 1.29 bits per heavy atom. The Kier molecular flexibility index (Phi) is 2.46. The number of rotatable bonds is 3. The van der Waals surface area contributed by atoms with Crippen LogP contribution in [-0.2, 0) is 20.9 Å². The highest BCUT2D eigenvalue weighted by atomic mass is 16.5. The third-order valence-electron chi connectivity index (χ3n) is 3.76. The van der Waals surface area contributed by atoms with E-state index in [0.29, 0.717) is 13.0 Å². The van der Waals surface area contributed by atoms with Gasteiger partial charge in [0.05, 0.1) is 5.92 Å². The zero-order valence-electron chi connectivity index (χ0n) is 9.46. The second kappa shape index (κ2) is 3.99. The van der Waals surface area contributed by atoms with Gasteiger partial charge in [0, 0.05) is 12.3 Å². The summed E-state index contributed by atoms with van der Waals surface area (Å²) in [4.78, 5) is 23.2. The van der Waals surface area contributed by atoms with Crippen LogP contribution in [0.25, 0.3) is 0 Å². The van der Waals surface area contributed by atoms with Crippen molar-refractivity contribution in [2.75, 3.05) is 0 Å². The first-order valence-corrected chi connectivity index (χ1v) is 6.00. The maximum atomic E-state index is 11.8. The molecular weight excluding hydrogens is 216 g/mol. The van der Waals surface area contributed by atoms with Crippen LogP contribution in [0.2, 0.25) is 0 Å². The monoisotopic (exact) mass is 230 g/mol. The molecule has 1 aromatic carbocycles. The minimum absolute atomic E-state index is 0.0155. The third kappa shape index (κ3) is 1.86. The van der Waals surface area contributed by atoms with Crippen molar-refractivity contribution in [3.05, 3.63) is 35.9 Å². The van der Waals surface area contributed by atoms with Gasteiger partial charge in [-0.25, -0.2) is 0 Å². The van der Waals surface area contributed by atoms with E-state index in [1.165, 1.54) is 0 Å². The molecule has 2 fully saturated rings. The summed E-state index contributed by atoms with van der Waals surface area (Å²) < 4.78 is 5.25. The summed E-state index contributed by atoms with van der Waals surface area (Å²) in [5.41, 5.74) is 0.984. The fourth-order valence-electron chi connectivity index (χ4n) is 2.79. The van der Waals surface area contributed by atoms with Crippen molar-refractivity contribution in [3.8, 4) is 0 Å². The van der Waals surface area contributed by atoms with E-state index < -0.39 is 0 Å². The number of carbonyl (C=O) groups is 2. The first-order chi connectivity index (χ1) is 8.27. The van der Waals surface area contributed by atoms with Crippen LogP contribution < -0.4 is 0 Å². The van der Waals surface area contributed by atoms with Crippen molar-refractivity contribution >= 4 is 11.8 Å². The summed E-state index contributed by atoms with van der Waals surface area (Å²) in [5.74, 6) is 0.178. The molecule has 0 saturated heterocycles. The number of Topliss-reactive ketones (excluding diaryl/α,β-unsaturated/α-hetero) is 1. The van der Waals surface area contributed by atoms with Crippen LogP contribution in [0, 0.1) is 17.8 Å². The normalized spacial score (nSPS) is 29.9. The van der Waals surface area contributed by atoms with Gasteiger partial charge < -0.3 is 4.74 Å². The largest absolute Gasteiger partial charge is 0.461 e. The van der Waals surface area contributed by atoms with E-state index in [2.05, 4.69) is 0 Å². The quantitative estimate of drug-likeness (QED) is 0.745. The maximum absolute atomic E-state index is 11.8. The van der Waals surface area contributed by atoms with Crippen LogP contribution in [0.1, 0.15) is 18.4 Å². The molecule has 3 atom stereocenters. The molecule has 0 aliphatic heterocycles. The Balaban J connectivity index is 1.54. The Morgan fingerprint density at radius 3 is 2.71 bits per heavy atom. The van der Waals surface area contributed by atoms with Crippen LogP contribution in [0.15, 0.2) is 30.3 Å². The van der Waals surface area contributed by atoms with E-state index >= 15 is 0 Å². The number of carbonyl (C=O) groups excluding carboxylic acids is 2. The van der Waals surface area contributed by atoms with Crippen molar-refractivity contribution in [3.63, 3.8) is 0 Å². The zero-order chi connectivity index (χ0) is 11.8. The van der Waals surface area contributed by atoms with Crippen LogP contribution in [0.4, 0.5) is 0 Å². The Morgan fingerprint density at radius 2 is 2.06 bits per heavy atom. The fourth-order valence-corrected chi connectivity index (χ4v) is 2.79. The van der Waals surface area contributed by atoms with Gasteiger partial charge in [-0.05, 0) is 17.9 Å². The van der Waals surface area contributed by atoms with E-state index in [1.54, 1.807) is 0 Å². The number of benzene rings is 1. The summed E-state index contributed by atoms with van der Waals surface area (Å²) in [5, 5.41) is 0. The molecule has 3 unspecified atom stereocenters. The van der Waals surface area contributed by atoms with Crippen molar-refractivity contribution in [2.45, 2.75) is 19.4 Å². The third-order valence-corrected chi connectivity index (χ3v) is 3.76. The fraction of sp³-hybridized carbons (Fsp3) is 0.429. The van der Waals surface area contributed by atoms with E-state index in [4.69, 9.17) is 4.74 Å². The molecule has 3 rings (SSSR count). The number of hydrogen-bond donors (Lipinski definition) is 0. The van der Waals surface area contributed by atoms with E-state index in [0.717, 1.165) is 12.0 Å². The smallest absolute Gasteiger partial charge is 0.310 e. The minimum Gasteiger partial charge on any atom is -0.461 e. The predicted molar refractivity (Wildman–Crippen MR) is 60.9 cm³/mol. The van der Waals surface area contributed by atoms with Crippen LogP contribution >= 0.6 is 0 Å². The molecule has 2 aliphatic rings. The summed E-state index contributed by atoms with van der Waals surface area (Å²) in [6, 6.07) is 9.60. The van der Waals surface area contributed by atoms with Crippen molar-refractivity contribution in [2.24, 2.45) is 17.8 Å². The summed E-state index contributed by atoms with van der Waals surface area (Å²) in [7, 11) is 0. The Labute approximate surface area is 99.8 Å². The molecular formula is C14H14O3. The highest BCUT2D eigenvalue weighted by Gasteiger charge is 2.62. The SMILES string of the molecule is O=C1CCC2C1C2C(=O)OCc1ccccc1. The van der Waals surface area contributed by atoms with Gasteiger partial charge >= 0.3 is 5.97 Å². The van der Waals surface area contributed by atoms with E-state index in [-0.39, 0.29) is 29.5 Å². The maximum Gasteiger partial charge on any atom is 0.310 e. The van der Waals surface area contributed by atoms with E-state index in [1.807, 2.05) is 30.3 Å². The lowest BCUT2D eigenvalue weighted by Gasteiger charge is -2.05. The molecule has 88 valence electrons. The molecule has 0 heterocycles. The minimum atomic E-state index is -0.197. The second-order valence-corrected chi connectivity index (χ2v) is 4.81. The Bertz CT molecular complexity index is 452. The van der Waals surface area contributed by atoms with Crippen LogP contribution in [0.5, 0.6) is 0 Å². The van der Waals surface area contributed by atoms with Crippen LogP contribution in [0.3, 0.4) is 0 Å². The molecule has 3 nitrogen and oxygen atoms in total. The average Bonchev–Trinajstić information content (AvgIpc) is 2.98. The van der Waals surface area contributed by atoms with Gasteiger partial charge in [0.15, 0.2) is 0 Å². The predicted octanol–water partition coefficient (Wildman–Crippen LogP) is 1.95. The molecule has 1 aromatic rings. The summed E-state index contributed by atoms with van der Waals surface area (Å²) in [6.07, 6.45) is 1.52. The number of ether oxygens (including phenoxy) is 1. The van der Waals surface area contributed by atoms with Crippen molar-refractivity contribution in [1.82, 2.24) is 0 Å². The lowest BCUT2D eigenvalue weighted by molar-refractivity contribution is -0.148. The highest BCUT2D eigenvalue weighted by Crippen LogP contribution is 2.55. The molecule has 2 saturated carbocycles. The van der Waals surface area contributed by atoms with Gasteiger partial charge in [0.1, 0.15) is 12.4 Å². The summed E-state index contributed by atoms with van der Waals surface area (Å²) >= 11 is 0. The van der Waals surface area contributed by atoms with E-state index in [9.17, 15) is 9.59 Å². The molecule has 0 radical (unpaired) electrons. The van der Waals surface area contributed by atoms with Gasteiger partial charge in [0.2, 0.25) is 0 Å². The molecule has 2 aliphatic carbocycles. The Hall–Kier alpha value is -1.64. The molecule has 0 amide bonds. The van der Waals surface area contributed by atoms with Gasteiger partial charge in [0.25, 0.3) is 0 Å². The van der Waals surface area contributed by atoms with Crippen LogP contribution in [-0.4, -0.2) is 11.8 Å². The lowest BCUT2D eigenvalue weighted by atomic mass is 10.1. The van der Waals surface area contributed by atoms with Crippen molar-refractivity contribution in [1.29, 1.82) is 0 Å². The topological polar surface area (TPSA) is 43.4 Å². The first kappa shape index (κ1) is 10.5. The van der Waals surface area contributed by atoms with Gasteiger partial charge in [-0.3, -0.25) is 9.59 Å². The molecule has 3 heteroatoms. The summed E-state index contributed by atoms with van der Waals surface area (Å²) in [6.45, 7) is 0.309. The molecule has 0 N–H and O–H groups in total. The van der Waals surface area contributed by atoms with Gasteiger partial charge in [-0.2, -0.15) is 0 Å². The molecule has 0 aromatic heterocycles. The highest BCUT2D eigenvalue weighted by molar-refractivity contribution is 5.94. The number of fused-ring (bicyclic) bond motifs is 1. The number of hydrogen-bond acceptors (Lipinski definition) is 3. The first-order valence-electron chi connectivity index (χ1n) is 6.00. The van der Waals surface area contributed by atoms with Crippen molar-refractivity contribution < 1.29 is 14.3 Å². The molecule has 0 spiro atoms. The number of ketones is 1. The number of esters is 1.